The highest BCUT2D eigenvalue weighted by Crippen LogP contribution is 2.27. The molecule has 3 aromatic rings. The maximum Gasteiger partial charge on any atom is 0.534 e. The molecule has 0 heterocycles. The average molecular weight is 564 g/mol. The minimum Gasteiger partial charge on any atom is -0.376 e. The maximum atomic E-state index is 12.1. The van der Waals surface area contributed by atoms with Crippen LogP contribution in [0.2, 0.25) is 0 Å². The fraction of sp³-hybridized carbons (Fsp3) is 0.217. The quantitative estimate of drug-likeness (QED) is 0.189. The summed E-state index contributed by atoms with van der Waals surface area (Å²) >= 11 is 0. The Labute approximate surface area is 198 Å². The van der Waals surface area contributed by atoms with E-state index in [4.69, 9.17) is 0 Å². The van der Waals surface area contributed by atoms with E-state index in [-0.39, 0.29) is 29.7 Å². The van der Waals surface area contributed by atoms with Crippen molar-refractivity contribution >= 4 is 34.1 Å². The zero-order chi connectivity index (χ0) is 22.2. The summed E-state index contributed by atoms with van der Waals surface area (Å²) in [5.74, 6) is 0.0514. The van der Waals surface area contributed by atoms with Crippen molar-refractivity contribution in [2.45, 2.75) is 25.8 Å². The maximum absolute atomic E-state index is 12.1. The van der Waals surface area contributed by atoms with Crippen LogP contribution in [0.5, 0.6) is 5.75 Å². The summed E-state index contributed by atoms with van der Waals surface area (Å²) in [7, 11) is -5.59. The van der Waals surface area contributed by atoms with Gasteiger partial charge in [-0.3, -0.25) is 0 Å². The molecule has 0 saturated heterocycles. The van der Waals surface area contributed by atoms with Gasteiger partial charge in [-0.25, -0.2) is 0 Å². The second kappa shape index (κ2) is 12.1. The van der Waals surface area contributed by atoms with E-state index >= 15 is 0 Å². The molecule has 0 aliphatic carbocycles. The normalized spacial score (nSPS) is 11.2. The summed E-state index contributed by atoms with van der Waals surface area (Å²) in [5.41, 5.74) is -1.96. The second-order valence-corrected chi connectivity index (χ2v) is 8.49. The van der Waals surface area contributed by atoms with Crippen LogP contribution in [0, 0.1) is 5.92 Å². The Morgan fingerprint density at radius 3 is 1.55 bits per heavy atom. The van der Waals surface area contributed by atoms with Crippen molar-refractivity contribution in [2.75, 3.05) is 0 Å². The summed E-state index contributed by atoms with van der Waals surface area (Å²) < 4.78 is 61.6. The van der Waals surface area contributed by atoms with E-state index in [0.717, 1.165) is 12.0 Å². The van der Waals surface area contributed by atoms with Gasteiger partial charge in [-0.2, -0.15) is 21.6 Å². The molecule has 3 rings (SSSR count). The molecule has 0 spiro atoms. The van der Waals surface area contributed by atoms with Crippen molar-refractivity contribution in [3.63, 3.8) is 0 Å². The molecule has 0 radical (unpaired) electrons. The lowest BCUT2D eigenvalue weighted by atomic mass is 10.0. The predicted octanol–water partition coefficient (Wildman–Crippen LogP) is 7.09. The van der Waals surface area contributed by atoms with Crippen molar-refractivity contribution in [2.24, 2.45) is 5.92 Å². The molecule has 0 saturated carbocycles. The molecule has 168 valence electrons. The van der Waals surface area contributed by atoms with Gasteiger partial charge in [0.15, 0.2) is 0 Å². The highest BCUT2D eigenvalue weighted by atomic mass is 127. The van der Waals surface area contributed by atoms with Gasteiger partial charge < -0.3 is 4.18 Å². The molecular formula is C23H24F3IO3S. The SMILES string of the molecule is CC(C)Cc1ccc(OS(=O)(=O)C(F)(F)F)cc1.I.c1ccc(-c2ccccc2)cc1. The third kappa shape index (κ3) is 8.90. The summed E-state index contributed by atoms with van der Waals surface area (Å²) in [4.78, 5) is 0. The van der Waals surface area contributed by atoms with Crippen LogP contribution in [0.25, 0.3) is 11.1 Å². The van der Waals surface area contributed by atoms with Gasteiger partial charge in [0.05, 0.1) is 0 Å². The lowest BCUT2D eigenvalue weighted by Crippen LogP contribution is -2.28. The molecule has 0 amide bonds. The molecule has 0 aromatic heterocycles. The van der Waals surface area contributed by atoms with Crippen molar-refractivity contribution in [3.8, 4) is 16.9 Å². The highest BCUT2D eigenvalue weighted by Gasteiger charge is 2.48. The lowest BCUT2D eigenvalue weighted by Gasteiger charge is -2.10. The number of halogens is 4. The van der Waals surface area contributed by atoms with Crippen LogP contribution in [-0.2, 0) is 16.5 Å². The van der Waals surface area contributed by atoms with Crippen molar-refractivity contribution in [1.82, 2.24) is 0 Å². The number of benzene rings is 3. The van der Waals surface area contributed by atoms with Gasteiger partial charge in [-0.15, -0.1) is 24.0 Å². The van der Waals surface area contributed by atoms with E-state index in [9.17, 15) is 21.6 Å². The third-order valence-corrected chi connectivity index (χ3v) is 4.92. The van der Waals surface area contributed by atoms with E-state index in [2.05, 4.69) is 52.7 Å². The molecule has 0 N–H and O–H groups in total. The van der Waals surface area contributed by atoms with Crippen LogP contribution in [-0.4, -0.2) is 13.9 Å². The Bertz CT molecular complexity index is 968. The van der Waals surface area contributed by atoms with Crippen LogP contribution in [0.4, 0.5) is 13.2 Å². The average Bonchev–Trinajstić information content (AvgIpc) is 2.70. The van der Waals surface area contributed by atoms with Gasteiger partial charge in [-0.1, -0.05) is 86.6 Å². The molecule has 8 heteroatoms. The first-order valence-corrected chi connectivity index (χ1v) is 10.7. The molecule has 0 aliphatic rings. The van der Waals surface area contributed by atoms with E-state index < -0.39 is 15.6 Å². The fourth-order valence-corrected chi connectivity index (χ4v) is 3.05. The summed E-state index contributed by atoms with van der Waals surface area (Å²) in [6.07, 6.45) is 0.756. The minimum absolute atomic E-state index is 0. The predicted molar refractivity (Wildman–Crippen MR) is 128 cm³/mol. The van der Waals surface area contributed by atoms with Crippen molar-refractivity contribution < 1.29 is 25.8 Å². The molecule has 0 atom stereocenters. The van der Waals surface area contributed by atoms with E-state index in [0.29, 0.717) is 5.92 Å². The van der Waals surface area contributed by atoms with Crippen LogP contribution in [0.3, 0.4) is 0 Å². The Kier molecular flexibility index (Phi) is 10.5. The van der Waals surface area contributed by atoms with E-state index in [1.807, 2.05) is 26.0 Å². The van der Waals surface area contributed by atoms with Gasteiger partial charge in [0, 0.05) is 0 Å². The Morgan fingerprint density at radius 1 is 0.774 bits per heavy atom. The second-order valence-electron chi connectivity index (χ2n) is 6.96. The molecular weight excluding hydrogens is 540 g/mol. The lowest BCUT2D eigenvalue weighted by molar-refractivity contribution is -0.0500. The summed E-state index contributed by atoms with van der Waals surface area (Å²) in [5, 5.41) is 0. The van der Waals surface area contributed by atoms with Crippen LogP contribution in [0.15, 0.2) is 84.9 Å². The van der Waals surface area contributed by atoms with Gasteiger partial charge in [0.25, 0.3) is 0 Å². The van der Waals surface area contributed by atoms with Gasteiger partial charge >= 0.3 is 15.6 Å². The van der Waals surface area contributed by atoms with E-state index in [1.165, 1.54) is 23.3 Å². The first-order valence-electron chi connectivity index (χ1n) is 9.28. The number of rotatable bonds is 5. The summed E-state index contributed by atoms with van der Waals surface area (Å²) in [6.45, 7) is 4.00. The van der Waals surface area contributed by atoms with E-state index in [1.54, 1.807) is 12.1 Å². The molecule has 0 bridgehead atoms. The number of hydrogen-bond acceptors (Lipinski definition) is 3. The molecule has 0 aliphatic heterocycles. The van der Waals surface area contributed by atoms with Gasteiger partial charge in [0.2, 0.25) is 0 Å². The third-order valence-electron chi connectivity index (χ3n) is 3.94. The minimum atomic E-state index is -5.59. The standard InChI is InChI=1S/C12H10.C11H13F3O3S.HI/c1-3-7-11(8-4-1)12-9-5-2-6-10-12;1-8(2)7-9-3-5-10(6-4-9)17-18(15,16)11(12,13)14;/h1-10H;3-6,8H,7H2,1-2H3;1H. The zero-order valence-electron chi connectivity index (χ0n) is 17.0. The van der Waals surface area contributed by atoms with Gasteiger partial charge in [0.1, 0.15) is 5.75 Å². The Morgan fingerprint density at radius 2 is 1.19 bits per heavy atom. The monoisotopic (exact) mass is 564 g/mol. The van der Waals surface area contributed by atoms with Crippen molar-refractivity contribution in [1.29, 1.82) is 0 Å². The first kappa shape index (κ1) is 27.0. The zero-order valence-corrected chi connectivity index (χ0v) is 20.2. The first-order chi connectivity index (χ1) is 14.1. The molecule has 0 fully saturated rings. The highest BCUT2D eigenvalue weighted by molar-refractivity contribution is 14.0. The molecule has 3 aromatic carbocycles. The Balaban J connectivity index is 0.000000321. The largest absolute Gasteiger partial charge is 0.534 e. The molecule has 31 heavy (non-hydrogen) atoms. The van der Waals surface area contributed by atoms with Crippen LogP contribution < -0.4 is 4.18 Å². The number of alkyl halides is 3. The molecule has 0 unspecified atom stereocenters. The van der Waals surface area contributed by atoms with Gasteiger partial charge in [-0.05, 0) is 41.2 Å². The number of hydrogen-bond donors (Lipinski definition) is 0. The smallest absolute Gasteiger partial charge is 0.376 e. The summed E-state index contributed by atoms with van der Waals surface area (Å²) in [6, 6.07) is 26.3. The van der Waals surface area contributed by atoms with Crippen molar-refractivity contribution in [3.05, 3.63) is 90.5 Å². The Hall–Kier alpha value is -2.07. The van der Waals surface area contributed by atoms with Crippen LogP contribution in [0.1, 0.15) is 19.4 Å². The topological polar surface area (TPSA) is 43.4 Å². The molecule has 3 nitrogen and oxygen atoms in total. The fourth-order valence-electron chi connectivity index (χ4n) is 2.59. The van der Waals surface area contributed by atoms with Crippen LogP contribution >= 0.6 is 24.0 Å².